The zero-order valence-electron chi connectivity index (χ0n) is 25.5. The van der Waals surface area contributed by atoms with E-state index in [0.717, 1.165) is 11.4 Å². The molecule has 216 valence electrons. The van der Waals surface area contributed by atoms with Crippen LogP contribution in [0.2, 0.25) is 0 Å². The Balaban J connectivity index is 1.27. The van der Waals surface area contributed by atoms with Crippen molar-refractivity contribution in [2.75, 3.05) is 0 Å². The molecular weight excluding hydrogens is 556 g/mol. The second-order valence-corrected chi connectivity index (χ2v) is 12.1. The predicted molar refractivity (Wildman–Crippen MR) is 195 cm³/mol. The van der Waals surface area contributed by atoms with E-state index in [9.17, 15) is 0 Å². The van der Waals surface area contributed by atoms with Gasteiger partial charge in [-0.15, -0.1) is 0 Å². The molecule has 0 unspecified atom stereocenters. The smallest absolute Gasteiger partial charge is 0.0619 e. The van der Waals surface area contributed by atoms with E-state index in [2.05, 4.69) is 167 Å². The number of aryl methyl sites for hydroxylation is 1. The van der Waals surface area contributed by atoms with Crippen molar-refractivity contribution >= 4 is 43.4 Å². The lowest BCUT2D eigenvalue weighted by atomic mass is 9.95. The minimum atomic E-state index is 1.02. The summed E-state index contributed by atoms with van der Waals surface area (Å²) in [6.45, 7) is 2.04. The summed E-state index contributed by atoms with van der Waals surface area (Å²) in [5.41, 5.74) is 11.9. The van der Waals surface area contributed by atoms with Crippen LogP contribution in [0, 0.1) is 6.92 Å². The van der Waals surface area contributed by atoms with Gasteiger partial charge in [-0.2, -0.15) is 0 Å². The lowest BCUT2D eigenvalue weighted by Gasteiger charge is -2.12. The summed E-state index contributed by atoms with van der Waals surface area (Å²) in [6, 6.07) is 57.5. The third-order valence-corrected chi connectivity index (χ3v) is 9.28. The number of para-hydroxylation sites is 1. The zero-order chi connectivity index (χ0) is 30.6. The van der Waals surface area contributed by atoms with E-state index >= 15 is 0 Å². The van der Waals surface area contributed by atoms with Crippen LogP contribution in [0.5, 0.6) is 0 Å². The Kier molecular flexibility index (Phi) is 6.07. The van der Waals surface area contributed by atoms with Crippen molar-refractivity contribution < 1.29 is 0 Å². The van der Waals surface area contributed by atoms with Gasteiger partial charge >= 0.3 is 0 Å². The molecule has 0 aliphatic carbocycles. The summed E-state index contributed by atoms with van der Waals surface area (Å²) in [5, 5.41) is 7.54. The van der Waals surface area contributed by atoms with Gasteiger partial charge in [0.25, 0.3) is 0 Å². The molecule has 0 saturated heterocycles. The monoisotopic (exact) mass is 586 g/mol. The lowest BCUT2D eigenvalue weighted by Crippen LogP contribution is -1.94. The largest absolute Gasteiger partial charge is 0.309 e. The fraction of sp³-hybridized carbons (Fsp3) is 0.0227. The molecular formula is C44H30N2. The van der Waals surface area contributed by atoms with Crippen molar-refractivity contribution in [3.8, 4) is 39.1 Å². The van der Waals surface area contributed by atoms with Crippen LogP contribution in [0.15, 0.2) is 164 Å². The molecule has 0 N–H and O–H groups in total. The minimum absolute atomic E-state index is 1.02. The molecule has 9 rings (SSSR count). The number of aromatic nitrogens is 2. The molecule has 2 nitrogen and oxygen atoms in total. The first kappa shape index (κ1) is 26.4. The van der Waals surface area contributed by atoms with Crippen LogP contribution in [0.4, 0.5) is 0 Å². The predicted octanol–water partition coefficient (Wildman–Crippen LogP) is 11.8. The molecule has 2 aromatic heterocycles. The summed E-state index contributed by atoms with van der Waals surface area (Å²) in [7, 11) is 0. The Bertz CT molecular complexity index is 2590. The van der Waals surface area contributed by atoms with Crippen molar-refractivity contribution in [1.29, 1.82) is 0 Å². The highest BCUT2D eigenvalue weighted by molar-refractivity contribution is 6.19. The topological polar surface area (TPSA) is 17.8 Å². The number of pyridine rings is 1. The highest BCUT2D eigenvalue weighted by Crippen LogP contribution is 2.40. The molecule has 0 fully saturated rings. The van der Waals surface area contributed by atoms with Gasteiger partial charge in [0.1, 0.15) is 0 Å². The third-order valence-electron chi connectivity index (χ3n) is 9.28. The van der Waals surface area contributed by atoms with Gasteiger partial charge in [-0.1, -0.05) is 115 Å². The van der Waals surface area contributed by atoms with E-state index in [-0.39, 0.29) is 0 Å². The second-order valence-electron chi connectivity index (χ2n) is 12.1. The Morgan fingerprint density at radius 1 is 0.435 bits per heavy atom. The lowest BCUT2D eigenvalue weighted by molar-refractivity contribution is 1.19. The van der Waals surface area contributed by atoms with E-state index in [1.165, 1.54) is 76.7 Å². The number of benzene rings is 7. The maximum absolute atomic E-state index is 4.39. The average Bonchev–Trinajstić information content (AvgIpc) is 3.45. The van der Waals surface area contributed by atoms with Crippen LogP contribution in [0.25, 0.3) is 82.4 Å². The van der Waals surface area contributed by atoms with Gasteiger partial charge in [0, 0.05) is 33.7 Å². The SMILES string of the molecule is Cc1cc(-c2cccc(-c3ccc4c5ccc6cc(-c7cccc8ccccc78)ccc6c5n(-c5ccccc5)c4c3)c2)ccn1. The molecule has 0 aliphatic heterocycles. The minimum Gasteiger partial charge on any atom is -0.309 e. The maximum atomic E-state index is 4.39. The fourth-order valence-corrected chi connectivity index (χ4v) is 7.11. The normalized spacial score (nSPS) is 11.6. The molecule has 0 radical (unpaired) electrons. The van der Waals surface area contributed by atoms with Gasteiger partial charge in [0.15, 0.2) is 0 Å². The second kappa shape index (κ2) is 10.6. The summed E-state index contributed by atoms with van der Waals surface area (Å²) in [6.07, 6.45) is 1.89. The Hall–Kier alpha value is -5.99. The Labute approximate surface area is 267 Å². The molecule has 46 heavy (non-hydrogen) atoms. The summed E-state index contributed by atoms with van der Waals surface area (Å²) < 4.78 is 2.45. The van der Waals surface area contributed by atoms with Crippen LogP contribution in [0.1, 0.15) is 5.69 Å². The molecule has 0 amide bonds. The van der Waals surface area contributed by atoms with Crippen LogP contribution < -0.4 is 0 Å². The average molecular weight is 587 g/mol. The van der Waals surface area contributed by atoms with Crippen molar-refractivity contribution in [2.45, 2.75) is 6.92 Å². The van der Waals surface area contributed by atoms with Gasteiger partial charge in [-0.25, -0.2) is 0 Å². The number of hydrogen-bond donors (Lipinski definition) is 0. The third kappa shape index (κ3) is 4.30. The molecule has 2 heteroatoms. The van der Waals surface area contributed by atoms with Gasteiger partial charge in [-0.3, -0.25) is 4.98 Å². The van der Waals surface area contributed by atoms with Gasteiger partial charge in [-0.05, 0) is 98.9 Å². The van der Waals surface area contributed by atoms with Crippen LogP contribution >= 0.6 is 0 Å². The highest BCUT2D eigenvalue weighted by Gasteiger charge is 2.17. The number of nitrogens with zero attached hydrogens (tertiary/aromatic N) is 2. The molecule has 0 spiro atoms. The summed E-state index contributed by atoms with van der Waals surface area (Å²) in [4.78, 5) is 4.39. The van der Waals surface area contributed by atoms with E-state index in [4.69, 9.17) is 0 Å². The van der Waals surface area contributed by atoms with Gasteiger partial charge < -0.3 is 4.57 Å². The van der Waals surface area contributed by atoms with Gasteiger partial charge in [0.05, 0.1) is 11.0 Å². The summed E-state index contributed by atoms with van der Waals surface area (Å²) >= 11 is 0. The summed E-state index contributed by atoms with van der Waals surface area (Å²) in [5.74, 6) is 0. The van der Waals surface area contributed by atoms with Gasteiger partial charge in [0.2, 0.25) is 0 Å². The maximum Gasteiger partial charge on any atom is 0.0619 e. The quantitative estimate of drug-likeness (QED) is 0.201. The molecule has 7 aromatic carbocycles. The van der Waals surface area contributed by atoms with E-state index < -0.39 is 0 Å². The van der Waals surface area contributed by atoms with Crippen LogP contribution in [0.3, 0.4) is 0 Å². The molecule has 9 aromatic rings. The molecule has 0 bridgehead atoms. The van der Waals surface area contributed by atoms with Crippen LogP contribution in [-0.2, 0) is 0 Å². The fourth-order valence-electron chi connectivity index (χ4n) is 7.11. The first-order chi connectivity index (χ1) is 22.7. The molecule has 0 aliphatic rings. The van der Waals surface area contributed by atoms with E-state index in [0.29, 0.717) is 0 Å². The van der Waals surface area contributed by atoms with Crippen molar-refractivity contribution in [2.24, 2.45) is 0 Å². The van der Waals surface area contributed by atoms with Crippen molar-refractivity contribution in [1.82, 2.24) is 9.55 Å². The molecule has 0 saturated carbocycles. The first-order valence-electron chi connectivity index (χ1n) is 15.8. The van der Waals surface area contributed by atoms with E-state index in [1.54, 1.807) is 0 Å². The van der Waals surface area contributed by atoms with Crippen LogP contribution in [-0.4, -0.2) is 9.55 Å². The molecule has 2 heterocycles. The Morgan fingerprint density at radius 3 is 2.00 bits per heavy atom. The first-order valence-corrected chi connectivity index (χ1v) is 15.8. The number of hydrogen-bond acceptors (Lipinski definition) is 1. The number of fused-ring (bicyclic) bond motifs is 6. The Morgan fingerprint density at radius 2 is 1.13 bits per heavy atom. The van der Waals surface area contributed by atoms with Crippen molar-refractivity contribution in [3.63, 3.8) is 0 Å². The standard InChI is InChI=1S/C44H30N2/c1-29-25-34(23-24-45-29)32-12-7-11-31(26-32)33-17-21-41-42-22-19-36-27-35(39-16-8-10-30-9-5-6-15-38(30)39)18-20-40(36)44(42)46(43(41)28-33)37-13-3-2-4-14-37/h2-28H,1H3. The highest BCUT2D eigenvalue weighted by atomic mass is 15.0. The zero-order valence-corrected chi connectivity index (χ0v) is 25.5. The van der Waals surface area contributed by atoms with E-state index in [1.807, 2.05) is 13.1 Å². The van der Waals surface area contributed by atoms with Crippen molar-refractivity contribution in [3.05, 3.63) is 170 Å². The molecule has 0 atom stereocenters. The number of rotatable bonds is 4.